The lowest BCUT2D eigenvalue weighted by Crippen LogP contribution is -2.35. The molecule has 1 N–H and O–H groups in total. The summed E-state index contributed by atoms with van der Waals surface area (Å²) in [5.41, 5.74) is 3.54. The molecular formula is C28H27Cl2N3O3S. The third-order valence-corrected chi connectivity index (χ3v) is 8.43. The van der Waals surface area contributed by atoms with Gasteiger partial charge in [-0.1, -0.05) is 67.2 Å². The highest BCUT2D eigenvalue weighted by Gasteiger charge is 2.35. The summed E-state index contributed by atoms with van der Waals surface area (Å²) in [6, 6.07) is 11.3. The second-order valence-electron chi connectivity index (χ2n) is 9.43. The average molecular weight is 557 g/mol. The Kier molecular flexibility index (Phi) is 7.65. The molecule has 0 atom stereocenters. The molecule has 3 amide bonds. The molecule has 37 heavy (non-hydrogen) atoms. The molecule has 2 aliphatic rings. The summed E-state index contributed by atoms with van der Waals surface area (Å²) in [4.78, 5) is 40.3. The van der Waals surface area contributed by atoms with Crippen LogP contribution in [-0.2, 0) is 29.1 Å². The van der Waals surface area contributed by atoms with E-state index < -0.39 is 0 Å². The summed E-state index contributed by atoms with van der Waals surface area (Å²) in [6.07, 6.45) is 8.83. The Morgan fingerprint density at radius 2 is 1.92 bits per heavy atom. The molecular weight excluding hydrogens is 529 g/mol. The molecule has 2 fully saturated rings. The zero-order chi connectivity index (χ0) is 26.1. The minimum absolute atomic E-state index is 0.0126. The Labute approximate surface area is 230 Å². The maximum Gasteiger partial charge on any atom is 0.293 e. The summed E-state index contributed by atoms with van der Waals surface area (Å²) in [6.45, 7) is 2.35. The van der Waals surface area contributed by atoms with Crippen LogP contribution in [0, 0.1) is 0 Å². The van der Waals surface area contributed by atoms with Crippen molar-refractivity contribution in [1.29, 1.82) is 0 Å². The lowest BCUT2D eigenvalue weighted by atomic mass is 10.1. The summed E-state index contributed by atoms with van der Waals surface area (Å²) in [7, 11) is 0. The van der Waals surface area contributed by atoms with Crippen LogP contribution in [0.4, 0.5) is 4.79 Å². The second-order valence-corrected chi connectivity index (χ2v) is 11.3. The van der Waals surface area contributed by atoms with E-state index in [-0.39, 0.29) is 36.2 Å². The number of thioether (sulfide) groups is 1. The molecule has 0 spiro atoms. The first-order valence-electron chi connectivity index (χ1n) is 12.4. The molecule has 1 aromatic heterocycles. The Balaban J connectivity index is 1.44. The van der Waals surface area contributed by atoms with Gasteiger partial charge in [0.1, 0.15) is 6.54 Å². The number of rotatable bonds is 7. The molecule has 2 heterocycles. The Morgan fingerprint density at radius 1 is 1.14 bits per heavy atom. The second kappa shape index (κ2) is 10.9. The molecule has 9 heteroatoms. The minimum Gasteiger partial charge on any atom is -0.352 e. The van der Waals surface area contributed by atoms with Crippen LogP contribution in [0.2, 0.25) is 10.0 Å². The van der Waals surface area contributed by atoms with E-state index in [9.17, 15) is 14.4 Å². The van der Waals surface area contributed by atoms with E-state index in [1.807, 2.05) is 22.9 Å². The van der Waals surface area contributed by atoms with Crippen molar-refractivity contribution in [3.8, 4) is 0 Å². The number of hydrogen-bond donors (Lipinski definition) is 1. The quantitative estimate of drug-likeness (QED) is 0.325. The topological polar surface area (TPSA) is 71.4 Å². The Morgan fingerprint density at radius 3 is 2.65 bits per heavy atom. The number of fused-ring (bicyclic) bond motifs is 1. The number of amides is 3. The normalized spacial score (nSPS) is 17.5. The Hall–Kier alpha value is -2.74. The van der Waals surface area contributed by atoms with Crippen molar-refractivity contribution in [3.05, 3.63) is 74.2 Å². The highest BCUT2D eigenvalue weighted by atomic mass is 35.5. The van der Waals surface area contributed by atoms with Gasteiger partial charge in [-0.25, -0.2) is 0 Å². The number of carbonyl (C=O) groups is 3. The van der Waals surface area contributed by atoms with Gasteiger partial charge in [-0.3, -0.25) is 19.3 Å². The minimum atomic E-state index is -0.368. The van der Waals surface area contributed by atoms with Crippen molar-refractivity contribution in [2.75, 3.05) is 0 Å². The van der Waals surface area contributed by atoms with Crippen molar-refractivity contribution in [1.82, 2.24) is 14.8 Å². The van der Waals surface area contributed by atoms with Gasteiger partial charge in [-0.15, -0.1) is 0 Å². The standard InChI is InChI=1S/C28H27Cl2N3O3S/c1-2-17-6-5-9-22-19(14-32(26(17)22)16-25(34)31-21-7-3-4-8-21)12-24-27(35)33(28(36)37-24)15-18-10-11-20(29)13-23(18)30/h5-6,9-14,21H,2-4,7-8,15-16H2,1H3,(H,31,34)/b24-12-. The van der Waals surface area contributed by atoms with Gasteiger partial charge in [0, 0.05) is 33.2 Å². The summed E-state index contributed by atoms with van der Waals surface area (Å²) in [5.74, 6) is -0.381. The lowest BCUT2D eigenvalue weighted by molar-refractivity contribution is -0.123. The van der Waals surface area contributed by atoms with Gasteiger partial charge in [-0.05, 0) is 60.4 Å². The van der Waals surface area contributed by atoms with Gasteiger partial charge < -0.3 is 9.88 Å². The highest BCUT2D eigenvalue weighted by Crippen LogP contribution is 2.36. The fraction of sp³-hybridized carbons (Fsp3) is 0.321. The molecule has 1 saturated carbocycles. The number of hydrogen-bond acceptors (Lipinski definition) is 4. The fourth-order valence-corrected chi connectivity index (χ4v) is 6.38. The Bertz CT molecular complexity index is 1430. The molecule has 5 rings (SSSR count). The van der Waals surface area contributed by atoms with E-state index in [2.05, 4.69) is 18.3 Å². The summed E-state index contributed by atoms with van der Waals surface area (Å²) >= 11 is 13.2. The number of nitrogens with one attached hydrogen (secondary N) is 1. The van der Waals surface area contributed by atoms with Crippen molar-refractivity contribution in [2.45, 2.75) is 58.2 Å². The summed E-state index contributed by atoms with van der Waals surface area (Å²) in [5, 5.41) is 4.64. The largest absolute Gasteiger partial charge is 0.352 e. The number of aryl methyl sites for hydroxylation is 1. The van der Waals surface area contributed by atoms with Crippen LogP contribution < -0.4 is 5.32 Å². The third-order valence-electron chi connectivity index (χ3n) is 6.93. The SMILES string of the molecule is CCc1cccc2c(/C=C3\SC(=O)N(Cc4ccc(Cl)cc4Cl)C3=O)cn(CC(=O)NC3CCCC3)c12. The molecule has 0 radical (unpaired) electrons. The first-order chi connectivity index (χ1) is 17.8. The number of halogens is 2. The van der Waals surface area contributed by atoms with Crippen molar-refractivity contribution < 1.29 is 14.4 Å². The molecule has 2 aromatic carbocycles. The van der Waals surface area contributed by atoms with E-state index >= 15 is 0 Å². The molecule has 0 unspecified atom stereocenters. The lowest BCUT2D eigenvalue weighted by Gasteiger charge is -2.13. The smallest absolute Gasteiger partial charge is 0.293 e. The van der Waals surface area contributed by atoms with Crippen LogP contribution in [-0.4, -0.2) is 32.6 Å². The number of nitrogens with zero attached hydrogens (tertiary/aromatic N) is 2. The van der Waals surface area contributed by atoms with Crippen LogP contribution in [0.25, 0.3) is 17.0 Å². The molecule has 3 aromatic rings. The molecule has 192 valence electrons. The zero-order valence-electron chi connectivity index (χ0n) is 20.4. The first-order valence-corrected chi connectivity index (χ1v) is 14.0. The fourth-order valence-electron chi connectivity index (χ4n) is 5.09. The highest BCUT2D eigenvalue weighted by molar-refractivity contribution is 8.18. The van der Waals surface area contributed by atoms with E-state index in [0.717, 1.165) is 65.9 Å². The number of benzene rings is 2. The van der Waals surface area contributed by atoms with Crippen LogP contribution in [0.15, 0.2) is 47.5 Å². The number of carbonyl (C=O) groups excluding carboxylic acids is 3. The van der Waals surface area contributed by atoms with Gasteiger partial charge in [-0.2, -0.15) is 0 Å². The molecule has 0 bridgehead atoms. The third kappa shape index (κ3) is 5.44. The molecule has 1 aliphatic heterocycles. The predicted octanol–water partition coefficient (Wildman–Crippen LogP) is 6.81. The molecule has 1 aliphatic carbocycles. The number of para-hydroxylation sites is 1. The molecule has 6 nitrogen and oxygen atoms in total. The van der Waals surface area contributed by atoms with Gasteiger partial charge in [0.15, 0.2) is 0 Å². The monoisotopic (exact) mass is 555 g/mol. The number of imide groups is 1. The maximum absolute atomic E-state index is 13.2. The zero-order valence-corrected chi connectivity index (χ0v) is 22.8. The van der Waals surface area contributed by atoms with E-state index in [1.54, 1.807) is 24.3 Å². The van der Waals surface area contributed by atoms with E-state index in [0.29, 0.717) is 20.5 Å². The van der Waals surface area contributed by atoms with Crippen molar-refractivity contribution in [3.63, 3.8) is 0 Å². The van der Waals surface area contributed by atoms with Crippen LogP contribution >= 0.6 is 35.0 Å². The van der Waals surface area contributed by atoms with Gasteiger partial charge in [0.05, 0.1) is 17.0 Å². The van der Waals surface area contributed by atoms with Gasteiger partial charge in [0.2, 0.25) is 5.91 Å². The van der Waals surface area contributed by atoms with Crippen molar-refractivity contribution >= 4 is 69.0 Å². The van der Waals surface area contributed by atoms with Crippen LogP contribution in [0.5, 0.6) is 0 Å². The average Bonchev–Trinajstić information content (AvgIpc) is 3.56. The van der Waals surface area contributed by atoms with Gasteiger partial charge >= 0.3 is 0 Å². The molecule has 1 saturated heterocycles. The maximum atomic E-state index is 13.2. The first kappa shape index (κ1) is 25.9. The summed E-state index contributed by atoms with van der Waals surface area (Å²) < 4.78 is 1.96. The van der Waals surface area contributed by atoms with Gasteiger partial charge in [0.25, 0.3) is 11.1 Å². The van der Waals surface area contributed by atoms with E-state index in [4.69, 9.17) is 23.2 Å². The predicted molar refractivity (Wildman–Crippen MR) is 150 cm³/mol. The van der Waals surface area contributed by atoms with Crippen LogP contribution in [0.1, 0.15) is 49.3 Å². The van der Waals surface area contributed by atoms with E-state index in [1.165, 1.54) is 4.90 Å². The van der Waals surface area contributed by atoms with Crippen LogP contribution in [0.3, 0.4) is 0 Å². The number of aromatic nitrogens is 1. The van der Waals surface area contributed by atoms with Crippen molar-refractivity contribution in [2.24, 2.45) is 0 Å².